The molecule has 1 aliphatic heterocycles. The molecule has 1 fully saturated rings. The number of fused-ring (bicyclic) bond motifs is 1. The minimum absolute atomic E-state index is 0.00679. The third-order valence-electron chi connectivity index (χ3n) is 4.40. The lowest BCUT2D eigenvalue weighted by Gasteiger charge is -2.33. The summed E-state index contributed by atoms with van der Waals surface area (Å²) >= 11 is 0. The summed E-state index contributed by atoms with van der Waals surface area (Å²) in [6.07, 6.45) is 0.488. The second-order valence-electron chi connectivity index (χ2n) is 5.85. The maximum atomic E-state index is 12.5. The molecule has 23 heavy (non-hydrogen) atoms. The number of carbonyl (C=O) groups excluding carboxylic acids is 1. The first-order valence-corrected chi connectivity index (χ1v) is 7.71. The topological polar surface area (TPSA) is 91.0 Å². The number of aliphatic hydroxyl groups excluding tert-OH is 2. The van der Waals surface area contributed by atoms with Crippen molar-refractivity contribution in [1.29, 1.82) is 0 Å². The number of rotatable bonds is 3. The molecule has 1 saturated heterocycles. The first-order valence-electron chi connectivity index (χ1n) is 7.71. The molecule has 1 aliphatic rings. The van der Waals surface area contributed by atoms with E-state index in [-0.39, 0.29) is 29.6 Å². The highest BCUT2D eigenvalue weighted by Gasteiger charge is 2.28. The van der Waals surface area contributed by atoms with E-state index < -0.39 is 6.10 Å². The summed E-state index contributed by atoms with van der Waals surface area (Å²) in [4.78, 5) is 26.2. The molecule has 0 aliphatic carbocycles. The second kappa shape index (κ2) is 6.52. The fourth-order valence-corrected chi connectivity index (χ4v) is 3.00. The molecule has 1 unspecified atom stereocenters. The summed E-state index contributed by atoms with van der Waals surface area (Å²) in [6.45, 7) is 0.673. The van der Waals surface area contributed by atoms with E-state index in [9.17, 15) is 14.7 Å². The van der Waals surface area contributed by atoms with E-state index in [1.165, 1.54) is 6.07 Å². The predicted molar refractivity (Wildman–Crippen MR) is 84.2 cm³/mol. The van der Waals surface area contributed by atoms with Gasteiger partial charge in [0.05, 0.1) is 18.1 Å². The number of aliphatic hydroxyl groups is 2. The van der Waals surface area contributed by atoms with Crippen LogP contribution in [0.4, 0.5) is 0 Å². The van der Waals surface area contributed by atoms with Crippen LogP contribution in [0.25, 0.3) is 11.0 Å². The summed E-state index contributed by atoms with van der Waals surface area (Å²) < 4.78 is 5.57. The zero-order valence-electron chi connectivity index (χ0n) is 12.6. The molecule has 1 amide bonds. The molecule has 1 atom stereocenters. The van der Waals surface area contributed by atoms with Crippen LogP contribution in [0.5, 0.6) is 0 Å². The Morgan fingerprint density at radius 1 is 1.30 bits per heavy atom. The summed E-state index contributed by atoms with van der Waals surface area (Å²) in [5.41, 5.74) is 0.162. The minimum Gasteiger partial charge on any atom is -0.451 e. The molecular formula is C17H19NO5. The van der Waals surface area contributed by atoms with Crippen molar-refractivity contribution in [3.8, 4) is 0 Å². The zero-order valence-corrected chi connectivity index (χ0v) is 12.6. The highest BCUT2D eigenvalue weighted by atomic mass is 16.3. The minimum atomic E-state index is -0.745. The normalized spacial score (nSPS) is 17.4. The molecule has 1 aromatic carbocycles. The smallest absolute Gasteiger partial charge is 0.289 e. The van der Waals surface area contributed by atoms with Crippen molar-refractivity contribution in [1.82, 2.24) is 4.90 Å². The van der Waals surface area contributed by atoms with Gasteiger partial charge in [-0.05, 0) is 30.9 Å². The highest BCUT2D eigenvalue weighted by molar-refractivity contribution is 5.93. The first-order chi connectivity index (χ1) is 11.1. The molecule has 3 rings (SSSR count). The lowest BCUT2D eigenvalue weighted by Crippen LogP contribution is -2.42. The van der Waals surface area contributed by atoms with Gasteiger partial charge in [-0.3, -0.25) is 9.59 Å². The molecule has 2 N–H and O–H groups in total. The van der Waals surface area contributed by atoms with Crippen LogP contribution in [0, 0.1) is 5.92 Å². The number of amides is 1. The maximum absolute atomic E-state index is 12.5. The molecule has 0 bridgehead atoms. The summed E-state index contributed by atoms with van der Waals surface area (Å²) in [5.74, 6) is -0.285. The van der Waals surface area contributed by atoms with Gasteiger partial charge < -0.3 is 19.5 Å². The number of hydrogen-bond acceptors (Lipinski definition) is 5. The first kappa shape index (κ1) is 15.7. The van der Waals surface area contributed by atoms with Gasteiger partial charge in [-0.25, -0.2) is 0 Å². The van der Waals surface area contributed by atoms with Gasteiger partial charge >= 0.3 is 0 Å². The molecule has 0 radical (unpaired) electrons. The van der Waals surface area contributed by atoms with E-state index in [4.69, 9.17) is 9.52 Å². The Balaban J connectivity index is 1.78. The molecule has 6 heteroatoms. The van der Waals surface area contributed by atoms with E-state index in [0.29, 0.717) is 36.9 Å². The van der Waals surface area contributed by atoms with Crippen LogP contribution >= 0.6 is 0 Å². The fraction of sp³-hybridized carbons (Fsp3) is 0.412. The molecule has 2 heterocycles. The molecule has 6 nitrogen and oxygen atoms in total. The van der Waals surface area contributed by atoms with Crippen LogP contribution in [0.2, 0.25) is 0 Å². The van der Waals surface area contributed by atoms with E-state index >= 15 is 0 Å². The maximum Gasteiger partial charge on any atom is 0.289 e. The van der Waals surface area contributed by atoms with Gasteiger partial charge in [0.15, 0.2) is 11.2 Å². The van der Waals surface area contributed by atoms with Crippen LogP contribution in [0.1, 0.15) is 23.4 Å². The Bertz CT molecular complexity index is 761. The van der Waals surface area contributed by atoms with E-state index in [1.807, 2.05) is 0 Å². The number of para-hydroxylation sites is 1. The summed E-state index contributed by atoms with van der Waals surface area (Å²) in [6, 6.07) is 8.06. The van der Waals surface area contributed by atoms with E-state index in [0.717, 1.165) is 0 Å². The Kier molecular flexibility index (Phi) is 4.45. The van der Waals surface area contributed by atoms with Crippen LogP contribution in [-0.2, 0) is 0 Å². The molecule has 1 aromatic heterocycles. The highest BCUT2D eigenvalue weighted by Crippen LogP contribution is 2.22. The monoisotopic (exact) mass is 317 g/mol. The average molecular weight is 317 g/mol. The predicted octanol–water partition coefficient (Wildman–Crippen LogP) is 0.998. The summed E-state index contributed by atoms with van der Waals surface area (Å²) in [7, 11) is 0. The Morgan fingerprint density at radius 2 is 2.00 bits per heavy atom. The van der Waals surface area contributed by atoms with Gasteiger partial charge in [-0.1, -0.05) is 12.1 Å². The van der Waals surface area contributed by atoms with Gasteiger partial charge in [0.2, 0.25) is 0 Å². The SMILES string of the molecule is O=C(c1cc(=O)c2ccccc2o1)N1CCC(C(O)CO)CC1. The molecule has 122 valence electrons. The average Bonchev–Trinajstić information content (AvgIpc) is 2.60. The number of benzene rings is 1. The third kappa shape index (κ3) is 3.13. The molecular weight excluding hydrogens is 298 g/mol. The van der Waals surface area contributed by atoms with Crippen LogP contribution < -0.4 is 5.43 Å². The number of carbonyl (C=O) groups is 1. The number of piperidine rings is 1. The lowest BCUT2D eigenvalue weighted by atomic mass is 9.91. The van der Waals surface area contributed by atoms with Crippen molar-refractivity contribution in [3.05, 3.63) is 46.3 Å². The third-order valence-corrected chi connectivity index (χ3v) is 4.40. The molecule has 2 aromatic rings. The van der Waals surface area contributed by atoms with Gasteiger partial charge in [0.25, 0.3) is 5.91 Å². The molecule has 0 saturated carbocycles. The Labute approximate surface area is 133 Å². The van der Waals surface area contributed by atoms with Gasteiger partial charge in [-0.15, -0.1) is 0 Å². The van der Waals surface area contributed by atoms with Gasteiger partial charge in [0, 0.05) is 19.2 Å². The zero-order chi connectivity index (χ0) is 16.4. The van der Waals surface area contributed by atoms with E-state index in [1.54, 1.807) is 29.2 Å². The lowest BCUT2D eigenvalue weighted by molar-refractivity contribution is 0.0172. The largest absolute Gasteiger partial charge is 0.451 e. The van der Waals surface area contributed by atoms with Crippen molar-refractivity contribution in [2.24, 2.45) is 5.92 Å². The van der Waals surface area contributed by atoms with Gasteiger partial charge in [0.1, 0.15) is 5.58 Å². The number of nitrogens with zero attached hydrogens (tertiary/aromatic N) is 1. The van der Waals surface area contributed by atoms with Crippen LogP contribution in [0.3, 0.4) is 0 Å². The van der Waals surface area contributed by atoms with Crippen molar-refractivity contribution in [3.63, 3.8) is 0 Å². The van der Waals surface area contributed by atoms with Crippen LogP contribution in [0.15, 0.2) is 39.5 Å². The number of hydrogen-bond donors (Lipinski definition) is 2. The second-order valence-corrected chi connectivity index (χ2v) is 5.85. The van der Waals surface area contributed by atoms with Crippen molar-refractivity contribution >= 4 is 16.9 Å². The molecule has 0 spiro atoms. The fourth-order valence-electron chi connectivity index (χ4n) is 3.00. The van der Waals surface area contributed by atoms with Gasteiger partial charge in [-0.2, -0.15) is 0 Å². The van der Waals surface area contributed by atoms with Crippen molar-refractivity contribution in [2.45, 2.75) is 18.9 Å². The summed E-state index contributed by atoms with van der Waals surface area (Å²) in [5, 5.41) is 19.1. The van der Waals surface area contributed by atoms with E-state index in [2.05, 4.69) is 0 Å². The quantitative estimate of drug-likeness (QED) is 0.881. The Hall–Kier alpha value is -2.18. The Morgan fingerprint density at radius 3 is 2.70 bits per heavy atom. The standard InChI is InChI=1S/C17H19NO5/c19-10-14(21)11-5-7-18(8-6-11)17(22)16-9-13(20)12-3-1-2-4-15(12)23-16/h1-4,9,11,14,19,21H,5-8,10H2. The van der Waals surface area contributed by atoms with Crippen molar-refractivity contribution in [2.75, 3.05) is 19.7 Å². The van der Waals surface area contributed by atoms with Crippen LogP contribution in [-0.4, -0.2) is 46.8 Å². The van der Waals surface area contributed by atoms with Crippen molar-refractivity contribution < 1.29 is 19.4 Å². The number of likely N-dealkylation sites (tertiary alicyclic amines) is 1.